The van der Waals surface area contributed by atoms with Crippen molar-refractivity contribution in [2.75, 3.05) is 18.0 Å². The van der Waals surface area contributed by atoms with Crippen molar-refractivity contribution in [3.63, 3.8) is 0 Å². The molecule has 0 aromatic heterocycles. The molecular formula is C13H15ClF3NO. The van der Waals surface area contributed by atoms with Crippen LogP contribution in [0.2, 0.25) is 5.02 Å². The third-order valence-electron chi connectivity index (χ3n) is 3.48. The molecule has 1 atom stereocenters. The maximum Gasteiger partial charge on any atom is 0.393 e. The number of benzene rings is 1. The minimum atomic E-state index is -4.17. The summed E-state index contributed by atoms with van der Waals surface area (Å²) in [4.78, 5) is 1.67. The number of anilines is 1. The number of piperidine rings is 1. The van der Waals surface area contributed by atoms with Crippen molar-refractivity contribution >= 4 is 17.3 Å². The lowest BCUT2D eigenvalue weighted by Crippen LogP contribution is -2.42. The fourth-order valence-electron chi connectivity index (χ4n) is 2.46. The summed E-state index contributed by atoms with van der Waals surface area (Å²) in [5.74, 6) is -1.31. The summed E-state index contributed by atoms with van der Waals surface area (Å²) in [6.07, 6.45) is -3.52. The van der Waals surface area contributed by atoms with E-state index in [0.29, 0.717) is 29.2 Å². The Morgan fingerprint density at radius 2 is 2.11 bits per heavy atom. The van der Waals surface area contributed by atoms with Crippen LogP contribution in [-0.2, 0) is 6.61 Å². The van der Waals surface area contributed by atoms with Crippen LogP contribution in [0.25, 0.3) is 0 Å². The number of nitrogens with zero attached hydrogens (tertiary/aromatic N) is 1. The molecule has 0 radical (unpaired) electrons. The van der Waals surface area contributed by atoms with E-state index in [1.165, 1.54) is 0 Å². The zero-order valence-corrected chi connectivity index (χ0v) is 11.0. The van der Waals surface area contributed by atoms with Crippen LogP contribution in [0, 0.1) is 5.92 Å². The first kappa shape index (κ1) is 14.5. The molecule has 6 heteroatoms. The molecule has 0 aliphatic carbocycles. The minimum Gasteiger partial charge on any atom is -0.392 e. The smallest absolute Gasteiger partial charge is 0.392 e. The second kappa shape index (κ2) is 5.59. The highest BCUT2D eigenvalue weighted by molar-refractivity contribution is 6.31. The molecule has 2 nitrogen and oxygen atoms in total. The summed E-state index contributed by atoms with van der Waals surface area (Å²) in [5, 5.41) is 9.71. The lowest BCUT2D eigenvalue weighted by molar-refractivity contribution is -0.176. The number of hydrogen-bond donors (Lipinski definition) is 1. The van der Waals surface area contributed by atoms with Gasteiger partial charge in [0.2, 0.25) is 0 Å². The summed E-state index contributed by atoms with van der Waals surface area (Å²) >= 11 is 5.97. The Balaban J connectivity index is 2.25. The zero-order valence-electron chi connectivity index (χ0n) is 10.3. The second-order valence-corrected chi connectivity index (χ2v) is 5.13. The number of halogens is 4. The van der Waals surface area contributed by atoms with Gasteiger partial charge in [-0.05, 0) is 25.0 Å². The number of hydrogen-bond acceptors (Lipinski definition) is 2. The predicted molar refractivity (Wildman–Crippen MR) is 68.4 cm³/mol. The van der Waals surface area contributed by atoms with E-state index in [-0.39, 0.29) is 19.6 Å². The van der Waals surface area contributed by atoms with Crippen LogP contribution in [0.3, 0.4) is 0 Å². The third kappa shape index (κ3) is 3.15. The summed E-state index contributed by atoms with van der Waals surface area (Å²) in [7, 11) is 0. The van der Waals surface area contributed by atoms with E-state index in [2.05, 4.69) is 0 Å². The summed E-state index contributed by atoms with van der Waals surface area (Å²) in [5.41, 5.74) is 1.09. The molecule has 0 amide bonds. The summed E-state index contributed by atoms with van der Waals surface area (Å²) in [6, 6.07) is 5.02. The van der Waals surface area contributed by atoms with Gasteiger partial charge in [-0.3, -0.25) is 0 Å². The fraction of sp³-hybridized carbons (Fsp3) is 0.538. The Morgan fingerprint density at radius 1 is 1.37 bits per heavy atom. The molecule has 1 saturated heterocycles. The molecule has 1 aromatic rings. The molecule has 0 spiro atoms. The van der Waals surface area contributed by atoms with Gasteiger partial charge < -0.3 is 10.0 Å². The number of alkyl halides is 3. The lowest BCUT2D eigenvalue weighted by atomic mass is 9.96. The average Bonchev–Trinajstić information content (AvgIpc) is 2.37. The van der Waals surface area contributed by atoms with Gasteiger partial charge in [-0.25, -0.2) is 0 Å². The van der Waals surface area contributed by atoms with Crippen molar-refractivity contribution < 1.29 is 18.3 Å². The Hall–Kier alpha value is -0.940. The van der Waals surface area contributed by atoms with E-state index in [9.17, 15) is 18.3 Å². The molecule has 106 valence electrons. The maximum absolute atomic E-state index is 12.8. The first-order valence-corrected chi connectivity index (χ1v) is 6.51. The van der Waals surface area contributed by atoms with Crippen molar-refractivity contribution in [3.05, 3.63) is 28.8 Å². The molecule has 0 saturated carbocycles. The maximum atomic E-state index is 12.8. The summed E-state index contributed by atoms with van der Waals surface area (Å²) < 4.78 is 38.4. The highest BCUT2D eigenvalue weighted by Gasteiger charge is 2.42. The van der Waals surface area contributed by atoms with Gasteiger partial charge in [-0.1, -0.05) is 17.7 Å². The van der Waals surface area contributed by atoms with Gasteiger partial charge in [0.1, 0.15) is 0 Å². The first-order valence-electron chi connectivity index (χ1n) is 6.13. The minimum absolute atomic E-state index is 0.0726. The van der Waals surface area contributed by atoms with Gasteiger partial charge in [-0.15, -0.1) is 0 Å². The number of aliphatic hydroxyl groups is 1. The van der Waals surface area contributed by atoms with Gasteiger partial charge >= 0.3 is 6.18 Å². The van der Waals surface area contributed by atoms with Crippen LogP contribution in [0.1, 0.15) is 18.4 Å². The number of rotatable bonds is 2. The van der Waals surface area contributed by atoms with Crippen LogP contribution in [0.15, 0.2) is 18.2 Å². The Labute approximate surface area is 114 Å². The van der Waals surface area contributed by atoms with Crippen molar-refractivity contribution in [1.29, 1.82) is 0 Å². The van der Waals surface area contributed by atoms with Crippen molar-refractivity contribution in [3.8, 4) is 0 Å². The normalized spacial score (nSPS) is 20.7. The fourth-order valence-corrected chi connectivity index (χ4v) is 2.69. The molecule has 2 rings (SSSR count). The average molecular weight is 294 g/mol. The summed E-state index contributed by atoms with van der Waals surface area (Å²) in [6.45, 7) is 0.207. The van der Waals surface area contributed by atoms with E-state index < -0.39 is 12.1 Å². The number of aliphatic hydroxyl groups excluding tert-OH is 1. The molecule has 1 aromatic carbocycles. The largest absolute Gasteiger partial charge is 0.393 e. The molecular weight excluding hydrogens is 279 g/mol. The van der Waals surface area contributed by atoms with Gasteiger partial charge in [0.15, 0.2) is 0 Å². The van der Waals surface area contributed by atoms with Gasteiger partial charge in [0.25, 0.3) is 0 Å². The van der Waals surface area contributed by atoms with Gasteiger partial charge in [-0.2, -0.15) is 13.2 Å². The van der Waals surface area contributed by atoms with E-state index >= 15 is 0 Å². The van der Waals surface area contributed by atoms with Crippen molar-refractivity contribution in [1.82, 2.24) is 0 Å². The van der Waals surface area contributed by atoms with Gasteiger partial charge in [0.05, 0.1) is 12.5 Å². The molecule has 1 unspecified atom stereocenters. The van der Waals surface area contributed by atoms with E-state index in [4.69, 9.17) is 11.6 Å². The second-order valence-electron chi connectivity index (χ2n) is 4.72. The third-order valence-corrected chi connectivity index (χ3v) is 3.83. The molecule has 1 fully saturated rings. The molecule has 0 bridgehead atoms. The Kier molecular flexibility index (Phi) is 4.26. The quantitative estimate of drug-likeness (QED) is 0.900. The highest BCUT2D eigenvalue weighted by atomic mass is 35.5. The Morgan fingerprint density at radius 3 is 2.74 bits per heavy atom. The van der Waals surface area contributed by atoms with Crippen LogP contribution in [0.5, 0.6) is 0 Å². The SMILES string of the molecule is OCc1c(Cl)cccc1N1CCCC(C(F)(F)F)C1. The predicted octanol–water partition coefficient (Wildman–Crippen LogP) is 3.61. The molecule has 1 aliphatic rings. The molecule has 19 heavy (non-hydrogen) atoms. The van der Waals surface area contributed by atoms with Crippen molar-refractivity contribution in [2.24, 2.45) is 5.92 Å². The first-order chi connectivity index (χ1) is 8.93. The zero-order chi connectivity index (χ0) is 14.0. The highest BCUT2D eigenvalue weighted by Crippen LogP contribution is 2.36. The van der Waals surface area contributed by atoms with Crippen molar-refractivity contribution in [2.45, 2.75) is 25.6 Å². The van der Waals surface area contributed by atoms with Crippen LogP contribution in [-0.4, -0.2) is 24.4 Å². The van der Waals surface area contributed by atoms with E-state index in [0.717, 1.165) is 0 Å². The molecule has 1 aliphatic heterocycles. The molecule has 1 heterocycles. The topological polar surface area (TPSA) is 23.5 Å². The van der Waals surface area contributed by atoms with Crippen LogP contribution in [0.4, 0.5) is 18.9 Å². The van der Waals surface area contributed by atoms with Crippen LogP contribution < -0.4 is 4.90 Å². The van der Waals surface area contributed by atoms with Gasteiger partial charge in [0, 0.05) is 29.4 Å². The lowest BCUT2D eigenvalue weighted by Gasteiger charge is -2.36. The van der Waals surface area contributed by atoms with E-state index in [1.807, 2.05) is 0 Å². The standard InChI is InChI=1S/C13H15ClF3NO/c14-11-4-1-5-12(10(11)8-19)18-6-2-3-9(7-18)13(15,16)17/h1,4-5,9,19H,2-3,6-8H2. The monoisotopic (exact) mass is 293 g/mol. The van der Waals surface area contributed by atoms with Crippen LogP contribution >= 0.6 is 11.6 Å². The molecule has 1 N–H and O–H groups in total. The Bertz CT molecular complexity index is 450. The van der Waals surface area contributed by atoms with E-state index in [1.54, 1.807) is 23.1 Å².